The highest BCUT2D eigenvalue weighted by Gasteiger charge is 2.21. The lowest BCUT2D eigenvalue weighted by molar-refractivity contribution is 0.555. The molecule has 1 radical (unpaired) electrons. The van der Waals surface area contributed by atoms with E-state index in [4.69, 9.17) is 5.32 Å². The molecule has 0 bridgehead atoms. The Labute approximate surface area is 130 Å². The van der Waals surface area contributed by atoms with Crippen LogP contribution in [-0.2, 0) is 13.0 Å². The molecule has 3 heteroatoms. The standard InChI is InChI=1S/C19H18N3/c1-2-4-18-16(3-1)9-10-21-19(18)17-7-5-15(6-8-17)13-22-12-11-20-14-22/h1-8,11-12,14,19H,9-10,13H2. The van der Waals surface area contributed by atoms with Gasteiger partial charge >= 0.3 is 0 Å². The Morgan fingerprint density at radius 2 is 1.91 bits per heavy atom. The summed E-state index contributed by atoms with van der Waals surface area (Å²) in [5, 5.41) is 4.83. The highest BCUT2D eigenvalue weighted by atomic mass is 15.0. The fraction of sp³-hybridized carbons (Fsp3) is 0.211. The van der Waals surface area contributed by atoms with Gasteiger partial charge in [0.2, 0.25) is 0 Å². The van der Waals surface area contributed by atoms with Crippen molar-refractivity contribution >= 4 is 0 Å². The second-order valence-corrected chi connectivity index (χ2v) is 5.73. The SMILES string of the molecule is c1ccc2c(c1)CC[N]C2c1ccc(Cn2ccnc2)cc1. The molecule has 1 aliphatic heterocycles. The zero-order chi connectivity index (χ0) is 14.8. The van der Waals surface area contributed by atoms with Gasteiger partial charge in [-0.25, -0.2) is 10.3 Å². The molecule has 0 fully saturated rings. The van der Waals surface area contributed by atoms with Crippen molar-refractivity contribution in [1.82, 2.24) is 14.9 Å². The first-order valence-corrected chi connectivity index (χ1v) is 7.69. The Hall–Kier alpha value is -2.39. The van der Waals surface area contributed by atoms with Crippen LogP contribution in [0.2, 0.25) is 0 Å². The van der Waals surface area contributed by atoms with Gasteiger partial charge in [0, 0.05) is 25.5 Å². The summed E-state index contributed by atoms with van der Waals surface area (Å²) in [6.45, 7) is 1.77. The molecule has 0 spiro atoms. The summed E-state index contributed by atoms with van der Waals surface area (Å²) in [4.78, 5) is 4.08. The lowest BCUT2D eigenvalue weighted by atomic mass is 9.89. The Morgan fingerprint density at radius 3 is 2.73 bits per heavy atom. The smallest absolute Gasteiger partial charge is 0.0949 e. The Morgan fingerprint density at radius 1 is 1.05 bits per heavy atom. The Kier molecular flexibility index (Phi) is 3.49. The first-order chi connectivity index (χ1) is 10.9. The maximum Gasteiger partial charge on any atom is 0.0949 e. The topological polar surface area (TPSA) is 31.9 Å². The normalized spacial score (nSPS) is 17.2. The van der Waals surface area contributed by atoms with Crippen molar-refractivity contribution in [2.24, 2.45) is 0 Å². The average molecular weight is 288 g/mol. The number of aromatic nitrogens is 2. The monoisotopic (exact) mass is 288 g/mol. The quantitative estimate of drug-likeness (QED) is 0.728. The van der Waals surface area contributed by atoms with Crippen molar-refractivity contribution in [3.05, 3.63) is 89.5 Å². The first kappa shape index (κ1) is 13.3. The minimum atomic E-state index is 0.187. The minimum Gasteiger partial charge on any atom is -0.333 e. The molecule has 4 rings (SSSR count). The highest BCUT2D eigenvalue weighted by molar-refractivity contribution is 5.40. The molecule has 0 saturated carbocycles. The van der Waals surface area contributed by atoms with Gasteiger partial charge in [-0.05, 0) is 28.7 Å². The third-order valence-corrected chi connectivity index (χ3v) is 4.26. The molecule has 3 aromatic rings. The number of hydrogen-bond donors (Lipinski definition) is 0. The van der Waals surface area contributed by atoms with E-state index in [0.717, 1.165) is 19.5 Å². The molecule has 22 heavy (non-hydrogen) atoms. The number of benzene rings is 2. The summed E-state index contributed by atoms with van der Waals surface area (Å²) in [6, 6.07) is 17.7. The second-order valence-electron chi connectivity index (χ2n) is 5.73. The molecule has 0 N–H and O–H groups in total. The van der Waals surface area contributed by atoms with E-state index in [1.165, 1.54) is 22.3 Å². The number of imidazole rings is 1. The molecule has 2 aromatic carbocycles. The zero-order valence-corrected chi connectivity index (χ0v) is 12.4. The van der Waals surface area contributed by atoms with Crippen molar-refractivity contribution in [2.45, 2.75) is 19.0 Å². The van der Waals surface area contributed by atoms with Crippen LogP contribution < -0.4 is 5.32 Å². The van der Waals surface area contributed by atoms with Gasteiger partial charge in [0.25, 0.3) is 0 Å². The Balaban J connectivity index is 1.59. The zero-order valence-electron chi connectivity index (χ0n) is 12.4. The van der Waals surface area contributed by atoms with Crippen molar-refractivity contribution < 1.29 is 0 Å². The third kappa shape index (κ3) is 2.55. The minimum absolute atomic E-state index is 0.187. The van der Waals surface area contributed by atoms with Crippen molar-refractivity contribution in [2.75, 3.05) is 6.54 Å². The predicted molar refractivity (Wildman–Crippen MR) is 86.8 cm³/mol. The van der Waals surface area contributed by atoms with E-state index in [1.54, 1.807) is 0 Å². The maximum absolute atomic E-state index is 4.83. The number of nitrogens with zero attached hydrogens (tertiary/aromatic N) is 3. The van der Waals surface area contributed by atoms with Crippen LogP contribution in [0.1, 0.15) is 28.3 Å². The van der Waals surface area contributed by atoms with Crippen LogP contribution in [0, 0.1) is 0 Å². The van der Waals surface area contributed by atoms with E-state index in [0.29, 0.717) is 0 Å². The molecule has 1 aromatic heterocycles. The van der Waals surface area contributed by atoms with Crippen LogP contribution in [0.5, 0.6) is 0 Å². The van der Waals surface area contributed by atoms with Gasteiger partial charge in [-0.2, -0.15) is 0 Å². The molecular weight excluding hydrogens is 270 g/mol. The molecule has 2 heterocycles. The molecule has 0 amide bonds. The van der Waals surface area contributed by atoms with E-state index in [-0.39, 0.29) is 6.04 Å². The summed E-state index contributed by atoms with van der Waals surface area (Å²) >= 11 is 0. The largest absolute Gasteiger partial charge is 0.333 e. The molecular formula is C19H18N3. The molecule has 0 aliphatic carbocycles. The van der Waals surface area contributed by atoms with E-state index >= 15 is 0 Å². The second kappa shape index (κ2) is 5.78. The van der Waals surface area contributed by atoms with Gasteiger partial charge in [0.1, 0.15) is 0 Å². The fourth-order valence-corrected chi connectivity index (χ4v) is 3.12. The van der Waals surface area contributed by atoms with Gasteiger partial charge in [-0.3, -0.25) is 0 Å². The lowest BCUT2D eigenvalue weighted by Crippen LogP contribution is -2.24. The van der Waals surface area contributed by atoms with E-state index in [2.05, 4.69) is 58.1 Å². The van der Waals surface area contributed by atoms with E-state index in [9.17, 15) is 0 Å². The van der Waals surface area contributed by atoms with Gasteiger partial charge in [0.05, 0.1) is 12.4 Å². The average Bonchev–Trinajstić information content (AvgIpc) is 3.08. The van der Waals surface area contributed by atoms with Crippen molar-refractivity contribution in [3.63, 3.8) is 0 Å². The van der Waals surface area contributed by atoms with Crippen LogP contribution in [0.15, 0.2) is 67.3 Å². The number of fused-ring (bicyclic) bond motifs is 1. The lowest BCUT2D eigenvalue weighted by Gasteiger charge is -2.25. The first-order valence-electron chi connectivity index (χ1n) is 7.69. The molecule has 3 nitrogen and oxygen atoms in total. The number of hydrogen-bond acceptors (Lipinski definition) is 1. The van der Waals surface area contributed by atoms with Gasteiger partial charge < -0.3 is 4.57 Å². The van der Waals surface area contributed by atoms with Crippen LogP contribution in [-0.4, -0.2) is 16.1 Å². The molecule has 109 valence electrons. The predicted octanol–water partition coefficient (Wildman–Crippen LogP) is 3.18. The molecule has 1 atom stereocenters. The van der Waals surface area contributed by atoms with Crippen LogP contribution >= 0.6 is 0 Å². The van der Waals surface area contributed by atoms with Crippen molar-refractivity contribution in [3.8, 4) is 0 Å². The summed E-state index contributed by atoms with van der Waals surface area (Å²) in [6.07, 6.45) is 6.71. The Bertz CT molecular complexity index is 745. The summed E-state index contributed by atoms with van der Waals surface area (Å²) < 4.78 is 2.08. The van der Waals surface area contributed by atoms with Crippen LogP contribution in [0.4, 0.5) is 0 Å². The molecule has 1 aliphatic rings. The van der Waals surface area contributed by atoms with Crippen LogP contribution in [0.3, 0.4) is 0 Å². The maximum atomic E-state index is 4.83. The number of rotatable bonds is 3. The van der Waals surface area contributed by atoms with E-state index in [1.807, 2.05) is 18.7 Å². The molecule has 1 unspecified atom stereocenters. The van der Waals surface area contributed by atoms with Gasteiger partial charge in [0.15, 0.2) is 0 Å². The van der Waals surface area contributed by atoms with E-state index < -0.39 is 0 Å². The fourth-order valence-electron chi connectivity index (χ4n) is 3.12. The van der Waals surface area contributed by atoms with Crippen molar-refractivity contribution in [1.29, 1.82) is 0 Å². The third-order valence-electron chi connectivity index (χ3n) is 4.26. The van der Waals surface area contributed by atoms with Crippen LogP contribution in [0.25, 0.3) is 0 Å². The summed E-state index contributed by atoms with van der Waals surface area (Å²) in [5.74, 6) is 0. The summed E-state index contributed by atoms with van der Waals surface area (Å²) in [5.41, 5.74) is 5.36. The van der Waals surface area contributed by atoms with Gasteiger partial charge in [-0.15, -0.1) is 0 Å². The van der Waals surface area contributed by atoms with Gasteiger partial charge in [-0.1, -0.05) is 48.5 Å². The summed E-state index contributed by atoms with van der Waals surface area (Å²) in [7, 11) is 0. The molecule has 0 saturated heterocycles. The highest BCUT2D eigenvalue weighted by Crippen LogP contribution is 2.29.